The maximum Gasteiger partial charge on any atom is 0.119 e. The van der Waals surface area contributed by atoms with E-state index >= 15 is 0 Å². The predicted octanol–water partition coefficient (Wildman–Crippen LogP) is 5.65. The van der Waals surface area contributed by atoms with Crippen molar-refractivity contribution in [2.75, 3.05) is 32.9 Å². The van der Waals surface area contributed by atoms with Gasteiger partial charge in [-0.3, -0.25) is 9.29 Å². The second-order valence-corrected chi connectivity index (χ2v) is 8.90. The van der Waals surface area contributed by atoms with Crippen molar-refractivity contribution < 1.29 is 14.2 Å². The summed E-state index contributed by atoms with van der Waals surface area (Å²) in [4.78, 5) is 2.23. The molecular weight excluding hydrogens is 415 g/mol. The second-order valence-electron chi connectivity index (χ2n) is 8.90. The molecule has 1 fully saturated rings. The van der Waals surface area contributed by atoms with Crippen molar-refractivity contribution in [3.05, 3.63) is 83.9 Å². The number of alkyl halides is 1. The Bertz CT molecular complexity index is 1230. The Morgan fingerprint density at radius 3 is 2.42 bits per heavy atom. The summed E-state index contributed by atoms with van der Waals surface area (Å²) in [6.45, 7) is 5.81. The number of hydrogen-bond donors (Lipinski definition) is 1. The van der Waals surface area contributed by atoms with Gasteiger partial charge in [0.25, 0.3) is 0 Å². The summed E-state index contributed by atoms with van der Waals surface area (Å²) in [7, 11) is 0. The van der Waals surface area contributed by atoms with Gasteiger partial charge in [-0.25, -0.2) is 0 Å². The number of ether oxygens (including phenoxy) is 1. The molecule has 0 radical (unpaired) electrons. The first kappa shape index (κ1) is 21.5. The van der Waals surface area contributed by atoms with Gasteiger partial charge in [-0.1, -0.05) is 30.3 Å². The molecule has 3 aromatic carbocycles. The second kappa shape index (κ2) is 9.28. The lowest BCUT2D eigenvalue weighted by atomic mass is 10.0. The van der Waals surface area contributed by atoms with E-state index in [-0.39, 0.29) is 18.3 Å². The number of likely N-dealkylation sites (tertiary alicyclic amines) is 1. The minimum Gasteiger partial charge on any atom is -0.508 e. The molecule has 1 saturated heterocycles. The van der Waals surface area contributed by atoms with Crippen molar-refractivity contribution in [3.8, 4) is 22.8 Å². The highest BCUT2D eigenvalue weighted by Gasteiger charge is 2.25. The molecule has 0 amide bonds. The molecule has 0 unspecified atom stereocenters. The van der Waals surface area contributed by atoms with Gasteiger partial charge in [0.2, 0.25) is 0 Å². The number of fused-ring (bicyclic) bond motifs is 1. The summed E-state index contributed by atoms with van der Waals surface area (Å²) < 4.78 is 20.8. The van der Waals surface area contributed by atoms with Crippen LogP contribution in [-0.4, -0.2) is 47.5 Å². The Balaban J connectivity index is 1.33. The largest absolute Gasteiger partial charge is 0.508 e. The van der Waals surface area contributed by atoms with Crippen molar-refractivity contribution >= 4 is 10.9 Å². The number of para-hydroxylation sites is 1. The molecule has 33 heavy (non-hydrogen) atoms. The molecule has 0 saturated carbocycles. The van der Waals surface area contributed by atoms with Gasteiger partial charge in [0, 0.05) is 43.0 Å². The number of nitrogens with zero attached hydrogens (tertiary/aromatic N) is 2. The first-order chi connectivity index (χ1) is 16.1. The van der Waals surface area contributed by atoms with E-state index in [1.54, 1.807) is 12.1 Å². The predicted molar refractivity (Wildman–Crippen MR) is 131 cm³/mol. The van der Waals surface area contributed by atoms with Crippen LogP contribution in [0.1, 0.15) is 11.1 Å². The summed E-state index contributed by atoms with van der Waals surface area (Å²) in [5.74, 6) is 1.34. The summed E-state index contributed by atoms with van der Waals surface area (Å²) in [5.41, 5.74) is 5.87. The van der Waals surface area contributed by atoms with Crippen LogP contribution in [0.15, 0.2) is 72.8 Å². The molecule has 5 heteroatoms. The molecule has 1 N–H and O–H groups in total. The zero-order valence-electron chi connectivity index (χ0n) is 18.9. The third kappa shape index (κ3) is 4.46. The van der Waals surface area contributed by atoms with Crippen molar-refractivity contribution in [2.45, 2.75) is 13.5 Å². The summed E-state index contributed by atoms with van der Waals surface area (Å²) in [5, 5.41) is 11.0. The Labute approximate surface area is 193 Å². The summed E-state index contributed by atoms with van der Waals surface area (Å²) >= 11 is 0. The average molecular weight is 445 g/mol. The summed E-state index contributed by atoms with van der Waals surface area (Å²) in [6.07, 6.45) is 0. The third-order valence-electron chi connectivity index (χ3n) is 6.56. The summed E-state index contributed by atoms with van der Waals surface area (Å²) in [6, 6.07) is 24.2. The van der Waals surface area contributed by atoms with Crippen molar-refractivity contribution in [2.24, 2.45) is 5.92 Å². The van der Waals surface area contributed by atoms with Gasteiger partial charge in [-0.05, 0) is 66.1 Å². The highest BCUT2D eigenvalue weighted by Crippen LogP contribution is 2.34. The molecule has 1 aromatic heterocycles. The Morgan fingerprint density at radius 2 is 1.70 bits per heavy atom. The van der Waals surface area contributed by atoms with E-state index in [0.29, 0.717) is 6.61 Å². The van der Waals surface area contributed by atoms with Crippen molar-refractivity contribution in [3.63, 3.8) is 0 Å². The fourth-order valence-electron chi connectivity index (χ4n) is 4.76. The van der Waals surface area contributed by atoms with Crippen LogP contribution in [0.25, 0.3) is 22.2 Å². The SMILES string of the molecule is Cc1c(-c2ccc(O)cc2)n(Cc2ccc(OCCN3CC(CF)C3)cc2)c2ccccc12. The topological polar surface area (TPSA) is 37.6 Å². The van der Waals surface area contributed by atoms with Gasteiger partial charge in [-0.15, -0.1) is 0 Å². The molecule has 0 atom stereocenters. The van der Waals surface area contributed by atoms with Gasteiger partial charge in [0.05, 0.1) is 12.4 Å². The molecule has 5 rings (SSSR count). The monoisotopic (exact) mass is 444 g/mol. The maximum atomic E-state index is 12.5. The lowest BCUT2D eigenvalue weighted by molar-refractivity contribution is 0.0668. The van der Waals surface area contributed by atoms with Gasteiger partial charge in [0.1, 0.15) is 18.1 Å². The smallest absolute Gasteiger partial charge is 0.119 e. The van der Waals surface area contributed by atoms with Crippen LogP contribution < -0.4 is 4.74 Å². The van der Waals surface area contributed by atoms with E-state index < -0.39 is 0 Å². The number of phenolic OH excluding ortho intramolecular Hbond substituents is 1. The van der Waals surface area contributed by atoms with E-state index in [9.17, 15) is 9.50 Å². The number of aromatic nitrogens is 1. The van der Waals surface area contributed by atoms with Gasteiger partial charge >= 0.3 is 0 Å². The van der Waals surface area contributed by atoms with E-state index in [2.05, 4.69) is 52.8 Å². The number of aromatic hydroxyl groups is 1. The first-order valence-corrected chi connectivity index (χ1v) is 11.5. The normalized spacial score (nSPS) is 14.5. The molecule has 2 heterocycles. The number of phenols is 1. The molecule has 0 bridgehead atoms. The Kier molecular flexibility index (Phi) is 6.05. The quantitative estimate of drug-likeness (QED) is 0.382. The zero-order valence-corrected chi connectivity index (χ0v) is 18.9. The average Bonchev–Trinajstić information content (AvgIpc) is 3.09. The molecule has 4 nitrogen and oxygen atoms in total. The van der Waals surface area contributed by atoms with Gasteiger partial charge in [-0.2, -0.15) is 0 Å². The van der Waals surface area contributed by atoms with Gasteiger partial charge < -0.3 is 14.4 Å². The first-order valence-electron chi connectivity index (χ1n) is 11.5. The van der Waals surface area contributed by atoms with Crippen LogP contribution in [0, 0.1) is 12.8 Å². The molecule has 0 spiro atoms. The highest BCUT2D eigenvalue weighted by atomic mass is 19.1. The molecule has 170 valence electrons. The van der Waals surface area contributed by atoms with Gasteiger partial charge in [0.15, 0.2) is 0 Å². The fourth-order valence-corrected chi connectivity index (χ4v) is 4.76. The van der Waals surface area contributed by atoms with Crippen LogP contribution >= 0.6 is 0 Å². The molecule has 4 aromatic rings. The molecular formula is C28H29FN2O2. The molecule has 0 aliphatic carbocycles. The van der Waals surface area contributed by atoms with E-state index in [0.717, 1.165) is 43.2 Å². The van der Waals surface area contributed by atoms with Crippen molar-refractivity contribution in [1.29, 1.82) is 0 Å². The van der Waals surface area contributed by atoms with Crippen LogP contribution in [0.5, 0.6) is 11.5 Å². The standard InChI is InChI=1S/C28H29FN2O2/c1-20-26-4-2-3-5-27(26)31(28(20)23-8-10-24(32)11-9-23)19-21-6-12-25(13-7-21)33-15-14-30-17-22(16-29)18-30/h2-13,22,32H,14-19H2,1H3. The van der Waals surface area contributed by atoms with Crippen LogP contribution in [0.4, 0.5) is 4.39 Å². The molecule has 1 aliphatic heterocycles. The van der Waals surface area contributed by atoms with E-state index in [1.807, 2.05) is 24.3 Å². The lowest BCUT2D eigenvalue weighted by Crippen LogP contribution is -2.49. The van der Waals surface area contributed by atoms with Crippen LogP contribution in [0.3, 0.4) is 0 Å². The third-order valence-corrected chi connectivity index (χ3v) is 6.56. The molecule has 1 aliphatic rings. The fraction of sp³-hybridized carbons (Fsp3) is 0.286. The number of aryl methyl sites for hydroxylation is 1. The van der Waals surface area contributed by atoms with Crippen LogP contribution in [-0.2, 0) is 6.54 Å². The highest BCUT2D eigenvalue weighted by molar-refractivity contribution is 5.91. The van der Waals surface area contributed by atoms with Crippen molar-refractivity contribution in [1.82, 2.24) is 9.47 Å². The minimum absolute atomic E-state index is 0.212. The lowest BCUT2D eigenvalue weighted by Gasteiger charge is -2.37. The minimum atomic E-state index is -0.219. The van der Waals surface area contributed by atoms with E-state index in [1.165, 1.54) is 22.0 Å². The van der Waals surface area contributed by atoms with Crippen LogP contribution in [0.2, 0.25) is 0 Å². The Morgan fingerprint density at radius 1 is 0.970 bits per heavy atom. The number of hydrogen-bond acceptors (Lipinski definition) is 3. The number of benzene rings is 3. The maximum absolute atomic E-state index is 12.5. The Hall–Kier alpha value is -3.31. The number of rotatable bonds is 8. The number of halogens is 1. The zero-order chi connectivity index (χ0) is 22.8. The van der Waals surface area contributed by atoms with E-state index in [4.69, 9.17) is 4.74 Å².